The van der Waals surface area contributed by atoms with Crippen molar-refractivity contribution in [1.82, 2.24) is 14.8 Å². The number of ether oxygens (including phenoxy) is 1. The molecule has 0 unspecified atom stereocenters. The van der Waals surface area contributed by atoms with E-state index < -0.39 is 0 Å². The van der Waals surface area contributed by atoms with Crippen LogP contribution < -0.4 is 4.74 Å². The average molecular weight is 312 g/mol. The van der Waals surface area contributed by atoms with Crippen LogP contribution in [0.4, 0.5) is 0 Å². The van der Waals surface area contributed by atoms with Gasteiger partial charge in [-0.25, -0.2) is 9.67 Å². The standard InChI is InChI=1S/C12H14BrN3O2/c1-2-16-12(14-8-15-16)7-18-10-3-4-11(13)9(5-10)6-17/h3-5,8,17H,2,6-7H2,1H3. The van der Waals surface area contributed by atoms with Crippen LogP contribution in [0.15, 0.2) is 29.0 Å². The zero-order valence-electron chi connectivity index (χ0n) is 10.0. The first kappa shape index (κ1) is 13.0. The maximum absolute atomic E-state index is 9.17. The first-order chi connectivity index (χ1) is 8.74. The van der Waals surface area contributed by atoms with Gasteiger partial charge in [0.2, 0.25) is 0 Å². The lowest BCUT2D eigenvalue weighted by molar-refractivity contribution is 0.273. The minimum Gasteiger partial charge on any atom is -0.486 e. The predicted molar refractivity (Wildman–Crippen MR) is 70.1 cm³/mol. The third kappa shape index (κ3) is 2.88. The molecule has 0 aliphatic heterocycles. The van der Waals surface area contributed by atoms with E-state index in [0.717, 1.165) is 22.4 Å². The highest BCUT2D eigenvalue weighted by Crippen LogP contribution is 2.23. The number of aryl methyl sites for hydroxylation is 1. The van der Waals surface area contributed by atoms with E-state index in [4.69, 9.17) is 9.84 Å². The summed E-state index contributed by atoms with van der Waals surface area (Å²) >= 11 is 3.36. The van der Waals surface area contributed by atoms with Gasteiger partial charge in [-0.3, -0.25) is 0 Å². The molecule has 2 aromatic rings. The van der Waals surface area contributed by atoms with E-state index in [1.807, 2.05) is 19.1 Å². The first-order valence-corrected chi connectivity index (χ1v) is 6.42. The minimum atomic E-state index is -0.0249. The number of hydrogen-bond acceptors (Lipinski definition) is 4. The van der Waals surface area contributed by atoms with E-state index in [1.54, 1.807) is 10.7 Å². The van der Waals surface area contributed by atoms with Crippen molar-refractivity contribution >= 4 is 15.9 Å². The molecule has 0 saturated heterocycles. The Morgan fingerprint density at radius 2 is 2.28 bits per heavy atom. The van der Waals surface area contributed by atoms with Crippen molar-refractivity contribution in [1.29, 1.82) is 0 Å². The molecule has 0 saturated carbocycles. The normalized spacial score (nSPS) is 10.6. The fourth-order valence-corrected chi connectivity index (χ4v) is 1.95. The van der Waals surface area contributed by atoms with E-state index in [0.29, 0.717) is 12.4 Å². The summed E-state index contributed by atoms with van der Waals surface area (Å²) in [5.74, 6) is 1.49. The van der Waals surface area contributed by atoms with E-state index in [9.17, 15) is 0 Å². The monoisotopic (exact) mass is 311 g/mol. The van der Waals surface area contributed by atoms with Gasteiger partial charge in [-0.05, 0) is 30.7 Å². The van der Waals surface area contributed by atoms with Crippen molar-refractivity contribution in [3.05, 3.63) is 40.4 Å². The van der Waals surface area contributed by atoms with E-state index in [2.05, 4.69) is 26.0 Å². The van der Waals surface area contributed by atoms with Crippen LogP contribution in [0, 0.1) is 0 Å². The summed E-state index contributed by atoms with van der Waals surface area (Å²) in [4.78, 5) is 4.13. The van der Waals surface area contributed by atoms with Crippen molar-refractivity contribution in [2.75, 3.05) is 0 Å². The van der Waals surface area contributed by atoms with Gasteiger partial charge >= 0.3 is 0 Å². The highest BCUT2D eigenvalue weighted by molar-refractivity contribution is 9.10. The van der Waals surface area contributed by atoms with Crippen LogP contribution >= 0.6 is 15.9 Å². The molecule has 0 amide bonds. The van der Waals surface area contributed by atoms with Gasteiger partial charge in [0.15, 0.2) is 5.82 Å². The predicted octanol–water partition coefficient (Wildman–Crippen LogP) is 2.13. The molecule has 96 valence electrons. The Kier molecular flexibility index (Phi) is 4.33. The van der Waals surface area contributed by atoms with Gasteiger partial charge in [-0.1, -0.05) is 15.9 Å². The second-order valence-electron chi connectivity index (χ2n) is 3.69. The molecule has 1 heterocycles. The summed E-state index contributed by atoms with van der Waals surface area (Å²) in [5, 5.41) is 13.2. The summed E-state index contributed by atoms with van der Waals surface area (Å²) in [6, 6.07) is 5.50. The summed E-state index contributed by atoms with van der Waals surface area (Å²) < 4.78 is 8.29. The maximum Gasteiger partial charge on any atom is 0.164 e. The lowest BCUT2D eigenvalue weighted by Crippen LogP contribution is -2.07. The van der Waals surface area contributed by atoms with Gasteiger partial charge in [0.05, 0.1) is 6.61 Å². The number of aliphatic hydroxyl groups excluding tert-OH is 1. The van der Waals surface area contributed by atoms with Crippen molar-refractivity contribution in [2.24, 2.45) is 0 Å². The molecule has 6 heteroatoms. The van der Waals surface area contributed by atoms with Crippen molar-refractivity contribution in [3.63, 3.8) is 0 Å². The van der Waals surface area contributed by atoms with Gasteiger partial charge in [0, 0.05) is 11.0 Å². The highest BCUT2D eigenvalue weighted by atomic mass is 79.9. The van der Waals surface area contributed by atoms with Crippen molar-refractivity contribution in [2.45, 2.75) is 26.7 Å². The molecule has 0 bridgehead atoms. The third-order valence-electron chi connectivity index (χ3n) is 2.55. The van der Waals surface area contributed by atoms with Crippen LogP contribution in [0.25, 0.3) is 0 Å². The van der Waals surface area contributed by atoms with Gasteiger partial charge in [0.1, 0.15) is 18.7 Å². The van der Waals surface area contributed by atoms with Gasteiger partial charge in [-0.15, -0.1) is 0 Å². The molecular formula is C12H14BrN3O2. The number of halogens is 1. The molecule has 0 fully saturated rings. The van der Waals surface area contributed by atoms with Gasteiger partial charge < -0.3 is 9.84 Å². The smallest absolute Gasteiger partial charge is 0.164 e. The number of aliphatic hydroxyl groups is 1. The Morgan fingerprint density at radius 1 is 1.44 bits per heavy atom. The molecule has 0 spiro atoms. The van der Waals surface area contributed by atoms with E-state index >= 15 is 0 Å². The Morgan fingerprint density at radius 3 is 3.00 bits per heavy atom. The topological polar surface area (TPSA) is 60.2 Å². The van der Waals surface area contributed by atoms with Gasteiger partial charge in [0.25, 0.3) is 0 Å². The molecular weight excluding hydrogens is 298 g/mol. The molecule has 0 aliphatic rings. The van der Waals surface area contributed by atoms with Crippen LogP contribution in [0.3, 0.4) is 0 Å². The van der Waals surface area contributed by atoms with Crippen molar-refractivity contribution in [3.8, 4) is 5.75 Å². The summed E-state index contributed by atoms with van der Waals surface area (Å²) in [5.41, 5.74) is 0.796. The Hall–Kier alpha value is -1.40. The number of nitrogens with zero attached hydrogens (tertiary/aromatic N) is 3. The molecule has 18 heavy (non-hydrogen) atoms. The fourth-order valence-electron chi connectivity index (χ4n) is 1.57. The highest BCUT2D eigenvalue weighted by Gasteiger charge is 2.05. The number of aromatic nitrogens is 3. The Bertz CT molecular complexity index is 528. The Labute approximate surface area is 114 Å². The molecule has 0 radical (unpaired) electrons. The quantitative estimate of drug-likeness (QED) is 0.919. The summed E-state index contributed by atoms with van der Waals surface area (Å²) in [6.07, 6.45) is 1.52. The second kappa shape index (κ2) is 5.97. The first-order valence-electron chi connectivity index (χ1n) is 5.63. The van der Waals surface area contributed by atoms with Crippen LogP contribution in [0.2, 0.25) is 0 Å². The van der Waals surface area contributed by atoms with Crippen LogP contribution in [0.1, 0.15) is 18.3 Å². The lowest BCUT2D eigenvalue weighted by atomic mass is 10.2. The number of benzene rings is 1. The lowest BCUT2D eigenvalue weighted by Gasteiger charge is -2.08. The summed E-state index contributed by atoms with van der Waals surface area (Å²) in [6.45, 7) is 3.10. The molecule has 1 aromatic heterocycles. The van der Waals surface area contributed by atoms with Gasteiger partial charge in [-0.2, -0.15) is 5.10 Å². The van der Waals surface area contributed by atoms with E-state index in [-0.39, 0.29) is 6.61 Å². The molecule has 1 N–H and O–H groups in total. The van der Waals surface area contributed by atoms with Crippen LogP contribution in [-0.4, -0.2) is 19.9 Å². The average Bonchev–Trinajstić information content (AvgIpc) is 2.85. The maximum atomic E-state index is 9.17. The number of hydrogen-bond donors (Lipinski definition) is 1. The molecule has 5 nitrogen and oxygen atoms in total. The zero-order chi connectivity index (χ0) is 13.0. The number of rotatable bonds is 5. The van der Waals surface area contributed by atoms with Crippen molar-refractivity contribution < 1.29 is 9.84 Å². The minimum absolute atomic E-state index is 0.0249. The van der Waals surface area contributed by atoms with Crippen LogP contribution in [0.5, 0.6) is 5.75 Å². The zero-order valence-corrected chi connectivity index (χ0v) is 11.6. The molecule has 2 rings (SSSR count). The largest absolute Gasteiger partial charge is 0.486 e. The fraction of sp³-hybridized carbons (Fsp3) is 0.333. The molecule has 1 aromatic carbocycles. The SMILES string of the molecule is CCn1ncnc1COc1ccc(Br)c(CO)c1. The third-order valence-corrected chi connectivity index (χ3v) is 3.32. The van der Waals surface area contributed by atoms with E-state index in [1.165, 1.54) is 6.33 Å². The summed E-state index contributed by atoms with van der Waals surface area (Å²) in [7, 11) is 0. The molecule has 0 atom stereocenters. The van der Waals surface area contributed by atoms with Crippen LogP contribution in [-0.2, 0) is 19.8 Å². The second-order valence-corrected chi connectivity index (χ2v) is 4.55. The molecule has 0 aliphatic carbocycles. The Balaban J connectivity index is 2.06.